The molecule has 0 atom stereocenters. The van der Waals surface area contributed by atoms with Gasteiger partial charge < -0.3 is 15.4 Å². The SMILES string of the molecule is CC(C)OCCCNC(=O)NCCc1ccccc1Br. The van der Waals surface area contributed by atoms with Crippen LogP contribution < -0.4 is 10.6 Å². The zero-order chi connectivity index (χ0) is 14.8. The molecular formula is C15H23BrN2O2. The van der Waals surface area contributed by atoms with E-state index < -0.39 is 0 Å². The summed E-state index contributed by atoms with van der Waals surface area (Å²) in [5, 5.41) is 5.66. The minimum Gasteiger partial charge on any atom is -0.379 e. The maximum atomic E-state index is 11.5. The first-order valence-electron chi connectivity index (χ1n) is 6.96. The first-order valence-corrected chi connectivity index (χ1v) is 7.75. The van der Waals surface area contributed by atoms with Crippen LogP contribution in [0.1, 0.15) is 25.8 Å². The number of hydrogen-bond donors (Lipinski definition) is 2. The van der Waals surface area contributed by atoms with Crippen LogP contribution in [-0.4, -0.2) is 31.8 Å². The molecule has 0 heterocycles. The summed E-state index contributed by atoms with van der Waals surface area (Å²) in [6, 6.07) is 7.90. The molecule has 0 aromatic heterocycles. The predicted octanol–water partition coefficient (Wildman–Crippen LogP) is 3.11. The topological polar surface area (TPSA) is 50.4 Å². The largest absolute Gasteiger partial charge is 0.379 e. The van der Waals surface area contributed by atoms with E-state index in [-0.39, 0.29) is 12.1 Å². The normalized spacial score (nSPS) is 10.6. The van der Waals surface area contributed by atoms with Crippen molar-refractivity contribution in [2.75, 3.05) is 19.7 Å². The van der Waals surface area contributed by atoms with Crippen LogP contribution in [0.4, 0.5) is 4.79 Å². The summed E-state index contributed by atoms with van der Waals surface area (Å²) >= 11 is 3.49. The van der Waals surface area contributed by atoms with Gasteiger partial charge in [-0.1, -0.05) is 34.1 Å². The van der Waals surface area contributed by atoms with Gasteiger partial charge in [-0.3, -0.25) is 0 Å². The average molecular weight is 343 g/mol. The number of ether oxygens (including phenoxy) is 1. The molecule has 1 aromatic rings. The number of carbonyl (C=O) groups is 1. The molecule has 0 saturated heterocycles. The monoisotopic (exact) mass is 342 g/mol. The van der Waals surface area contributed by atoms with Crippen LogP contribution in [0.15, 0.2) is 28.7 Å². The molecule has 2 N–H and O–H groups in total. The van der Waals surface area contributed by atoms with E-state index in [0.29, 0.717) is 19.7 Å². The Morgan fingerprint density at radius 2 is 1.95 bits per heavy atom. The fraction of sp³-hybridized carbons (Fsp3) is 0.533. The lowest BCUT2D eigenvalue weighted by Crippen LogP contribution is -2.37. The zero-order valence-corrected chi connectivity index (χ0v) is 13.7. The van der Waals surface area contributed by atoms with Gasteiger partial charge in [0.1, 0.15) is 0 Å². The Morgan fingerprint density at radius 3 is 2.65 bits per heavy atom. The zero-order valence-electron chi connectivity index (χ0n) is 12.1. The molecule has 0 spiro atoms. The molecule has 0 unspecified atom stereocenters. The second kappa shape index (κ2) is 9.77. The fourth-order valence-electron chi connectivity index (χ4n) is 1.67. The van der Waals surface area contributed by atoms with Crippen molar-refractivity contribution in [2.45, 2.75) is 32.8 Å². The van der Waals surface area contributed by atoms with E-state index >= 15 is 0 Å². The van der Waals surface area contributed by atoms with Gasteiger partial charge in [0.05, 0.1) is 6.10 Å². The van der Waals surface area contributed by atoms with Gasteiger partial charge in [0.2, 0.25) is 0 Å². The van der Waals surface area contributed by atoms with Crippen LogP contribution in [0.2, 0.25) is 0 Å². The Kier molecular flexibility index (Phi) is 8.30. The van der Waals surface area contributed by atoms with Crippen molar-refractivity contribution < 1.29 is 9.53 Å². The molecule has 0 aliphatic heterocycles. The van der Waals surface area contributed by atoms with E-state index in [0.717, 1.165) is 17.3 Å². The summed E-state index contributed by atoms with van der Waals surface area (Å²) in [6.07, 6.45) is 1.88. The van der Waals surface area contributed by atoms with Gasteiger partial charge >= 0.3 is 6.03 Å². The van der Waals surface area contributed by atoms with Crippen LogP contribution in [0, 0.1) is 0 Å². The molecule has 2 amide bonds. The highest BCUT2D eigenvalue weighted by Gasteiger charge is 2.01. The summed E-state index contributed by atoms with van der Waals surface area (Å²) in [5.74, 6) is 0. The highest BCUT2D eigenvalue weighted by atomic mass is 79.9. The van der Waals surface area contributed by atoms with Crippen molar-refractivity contribution in [1.82, 2.24) is 10.6 Å². The van der Waals surface area contributed by atoms with E-state index in [1.165, 1.54) is 5.56 Å². The Labute approximate surface area is 129 Å². The second-order valence-electron chi connectivity index (χ2n) is 4.80. The summed E-state index contributed by atoms with van der Waals surface area (Å²) in [6.45, 7) is 5.93. The molecule has 20 heavy (non-hydrogen) atoms. The van der Waals surface area contributed by atoms with Crippen LogP contribution in [0.5, 0.6) is 0 Å². The Bertz CT molecular complexity index is 411. The lowest BCUT2D eigenvalue weighted by atomic mass is 10.1. The van der Waals surface area contributed by atoms with Crippen LogP contribution in [0.25, 0.3) is 0 Å². The van der Waals surface area contributed by atoms with Crippen LogP contribution >= 0.6 is 15.9 Å². The molecule has 1 rings (SSSR count). The predicted molar refractivity (Wildman–Crippen MR) is 85.0 cm³/mol. The molecule has 0 aliphatic carbocycles. The van der Waals surface area contributed by atoms with Crippen molar-refractivity contribution in [1.29, 1.82) is 0 Å². The van der Waals surface area contributed by atoms with Crippen molar-refractivity contribution in [3.8, 4) is 0 Å². The minimum absolute atomic E-state index is 0.124. The number of amides is 2. The number of nitrogens with one attached hydrogen (secondary N) is 2. The number of hydrogen-bond acceptors (Lipinski definition) is 2. The van der Waals surface area contributed by atoms with Gasteiger partial charge in [0, 0.05) is 24.2 Å². The maximum Gasteiger partial charge on any atom is 0.314 e. The van der Waals surface area contributed by atoms with Gasteiger partial charge in [-0.25, -0.2) is 4.79 Å². The molecule has 1 aromatic carbocycles. The first-order chi connectivity index (χ1) is 9.59. The third kappa shape index (κ3) is 7.50. The summed E-state index contributed by atoms with van der Waals surface area (Å²) in [5.41, 5.74) is 1.19. The van der Waals surface area contributed by atoms with E-state index in [4.69, 9.17) is 4.74 Å². The van der Waals surface area contributed by atoms with Gasteiger partial charge in [-0.05, 0) is 38.3 Å². The number of benzene rings is 1. The number of halogens is 1. The van der Waals surface area contributed by atoms with Crippen molar-refractivity contribution in [2.24, 2.45) is 0 Å². The van der Waals surface area contributed by atoms with Gasteiger partial charge in [-0.2, -0.15) is 0 Å². The van der Waals surface area contributed by atoms with Gasteiger partial charge in [-0.15, -0.1) is 0 Å². The Morgan fingerprint density at radius 1 is 1.25 bits per heavy atom. The van der Waals surface area contributed by atoms with Crippen molar-refractivity contribution in [3.05, 3.63) is 34.3 Å². The van der Waals surface area contributed by atoms with Crippen LogP contribution in [-0.2, 0) is 11.2 Å². The van der Waals surface area contributed by atoms with Gasteiger partial charge in [0.15, 0.2) is 0 Å². The lowest BCUT2D eigenvalue weighted by molar-refractivity contribution is 0.0774. The summed E-state index contributed by atoms with van der Waals surface area (Å²) in [4.78, 5) is 11.5. The highest BCUT2D eigenvalue weighted by Crippen LogP contribution is 2.15. The fourth-order valence-corrected chi connectivity index (χ4v) is 2.15. The number of carbonyl (C=O) groups excluding carboxylic acids is 1. The standard InChI is InChI=1S/C15H23BrN2O2/c1-12(2)20-11-5-9-17-15(19)18-10-8-13-6-3-4-7-14(13)16/h3-4,6-7,12H,5,8-11H2,1-2H3,(H2,17,18,19). The summed E-state index contributed by atoms with van der Waals surface area (Å²) in [7, 11) is 0. The van der Waals surface area contributed by atoms with Crippen molar-refractivity contribution in [3.63, 3.8) is 0 Å². The van der Waals surface area contributed by atoms with E-state index in [1.54, 1.807) is 0 Å². The average Bonchev–Trinajstić information content (AvgIpc) is 2.40. The molecule has 0 aliphatic rings. The first kappa shape index (κ1) is 17.0. The van der Waals surface area contributed by atoms with E-state index in [1.807, 2.05) is 38.1 Å². The number of rotatable bonds is 8. The molecule has 5 heteroatoms. The molecule has 0 fully saturated rings. The highest BCUT2D eigenvalue weighted by molar-refractivity contribution is 9.10. The Balaban J connectivity index is 2.07. The van der Waals surface area contributed by atoms with Gasteiger partial charge in [0.25, 0.3) is 0 Å². The second-order valence-corrected chi connectivity index (χ2v) is 5.65. The third-order valence-electron chi connectivity index (χ3n) is 2.70. The van der Waals surface area contributed by atoms with E-state index in [9.17, 15) is 4.79 Å². The quantitative estimate of drug-likeness (QED) is 0.713. The molecule has 0 saturated carbocycles. The number of urea groups is 1. The maximum absolute atomic E-state index is 11.5. The molecule has 4 nitrogen and oxygen atoms in total. The lowest BCUT2D eigenvalue weighted by Gasteiger charge is -2.09. The molecule has 112 valence electrons. The summed E-state index contributed by atoms with van der Waals surface area (Å²) < 4.78 is 6.48. The molecular weight excluding hydrogens is 320 g/mol. The van der Waals surface area contributed by atoms with E-state index in [2.05, 4.69) is 26.6 Å². The van der Waals surface area contributed by atoms with Crippen molar-refractivity contribution >= 4 is 22.0 Å². The third-order valence-corrected chi connectivity index (χ3v) is 3.47. The molecule has 0 radical (unpaired) electrons. The molecule has 0 bridgehead atoms. The minimum atomic E-state index is -0.124. The van der Waals surface area contributed by atoms with Crippen LogP contribution in [0.3, 0.4) is 0 Å². The Hall–Kier alpha value is -1.07. The smallest absolute Gasteiger partial charge is 0.314 e.